The van der Waals surface area contributed by atoms with Crippen LogP contribution in [0, 0.1) is 0 Å². The zero-order valence-corrected chi connectivity index (χ0v) is 14.3. The molecule has 4 heteroatoms. The average molecular weight is 334 g/mol. The second-order valence-electron chi connectivity index (χ2n) is 6.70. The molecule has 0 bridgehead atoms. The molecule has 2 unspecified atom stereocenters. The predicted molar refractivity (Wildman–Crippen MR) is 98.4 cm³/mol. The summed E-state index contributed by atoms with van der Waals surface area (Å²) in [5.41, 5.74) is 5.49. The van der Waals surface area contributed by atoms with Crippen LogP contribution in [0.25, 0.3) is 10.9 Å². The maximum absolute atomic E-state index is 12.6. The number of rotatable bonds is 4. The molecule has 128 valence electrons. The Hall–Kier alpha value is -2.59. The molecule has 25 heavy (non-hydrogen) atoms. The first-order chi connectivity index (χ1) is 12.2. The molecule has 2 aromatic carbocycles. The molecule has 1 heterocycles. The highest BCUT2D eigenvalue weighted by atomic mass is 16.3. The number of hydrogen-bond donors (Lipinski definition) is 3. The molecule has 1 aliphatic rings. The highest BCUT2D eigenvalue weighted by molar-refractivity contribution is 5.90. The van der Waals surface area contributed by atoms with E-state index in [2.05, 4.69) is 23.3 Å². The second-order valence-corrected chi connectivity index (χ2v) is 6.70. The van der Waals surface area contributed by atoms with E-state index in [1.807, 2.05) is 42.6 Å². The Morgan fingerprint density at radius 3 is 2.88 bits per heavy atom. The van der Waals surface area contributed by atoms with Gasteiger partial charge in [-0.15, -0.1) is 0 Å². The smallest absolute Gasteiger partial charge is 0.225 e. The largest absolute Gasteiger partial charge is 0.390 e. The number of carbonyl (C=O) groups is 1. The summed E-state index contributed by atoms with van der Waals surface area (Å²) in [4.78, 5) is 15.9. The maximum Gasteiger partial charge on any atom is 0.225 e. The zero-order valence-electron chi connectivity index (χ0n) is 14.3. The third-order valence-corrected chi connectivity index (χ3v) is 5.14. The first-order valence-electron chi connectivity index (χ1n) is 8.80. The van der Waals surface area contributed by atoms with Gasteiger partial charge in [-0.1, -0.05) is 49.4 Å². The van der Waals surface area contributed by atoms with Gasteiger partial charge in [0.05, 0.1) is 18.6 Å². The average Bonchev–Trinajstić information content (AvgIpc) is 3.16. The van der Waals surface area contributed by atoms with Crippen LogP contribution in [0.5, 0.6) is 0 Å². The number of aliphatic hydroxyl groups is 1. The first-order valence-corrected chi connectivity index (χ1v) is 8.80. The number of aliphatic hydroxyl groups excluding tert-OH is 1. The summed E-state index contributed by atoms with van der Waals surface area (Å²) in [6.07, 6.45) is 3.21. The fourth-order valence-corrected chi connectivity index (χ4v) is 3.86. The number of aryl methyl sites for hydroxylation is 1. The number of para-hydroxylation sites is 1. The van der Waals surface area contributed by atoms with E-state index in [0.717, 1.165) is 34.0 Å². The molecule has 0 radical (unpaired) electrons. The van der Waals surface area contributed by atoms with Crippen molar-refractivity contribution in [3.63, 3.8) is 0 Å². The van der Waals surface area contributed by atoms with Crippen LogP contribution in [-0.4, -0.2) is 22.1 Å². The molecule has 0 saturated heterocycles. The molecule has 4 nitrogen and oxygen atoms in total. The van der Waals surface area contributed by atoms with Crippen molar-refractivity contribution in [1.29, 1.82) is 0 Å². The molecule has 0 fully saturated rings. The number of amides is 1. The summed E-state index contributed by atoms with van der Waals surface area (Å²) in [6.45, 7) is 2.13. The summed E-state index contributed by atoms with van der Waals surface area (Å²) >= 11 is 0. The number of benzene rings is 2. The minimum absolute atomic E-state index is 0.0662. The molecule has 2 atom stereocenters. The number of hydrogen-bond acceptors (Lipinski definition) is 2. The molecule has 1 aliphatic carbocycles. The van der Waals surface area contributed by atoms with Crippen molar-refractivity contribution in [2.75, 3.05) is 0 Å². The summed E-state index contributed by atoms with van der Waals surface area (Å²) < 4.78 is 0. The van der Waals surface area contributed by atoms with Gasteiger partial charge in [-0.3, -0.25) is 4.79 Å². The van der Waals surface area contributed by atoms with Crippen LogP contribution in [0.1, 0.15) is 35.2 Å². The van der Waals surface area contributed by atoms with Gasteiger partial charge in [0.25, 0.3) is 0 Å². The van der Waals surface area contributed by atoms with E-state index < -0.39 is 6.10 Å². The Kier molecular flexibility index (Phi) is 4.06. The predicted octanol–water partition coefficient (Wildman–Crippen LogP) is 3.05. The van der Waals surface area contributed by atoms with Gasteiger partial charge in [0.2, 0.25) is 5.91 Å². The molecule has 3 aromatic rings. The first kappa shape index (κ1) is 15.9. The van der Waals surface area contributed by atoms with Crippen LogP contribution in [0.15, 0.2) is 48.7 Å². The van der Waals surface area contributed by atoms with Crippen molar-refractivity contribution in [2.45, 2.75) is 38.3 Å². The number of fused-ring (bicyclic) bond motifs is 2. The molecular weight excluding hydrogens is 312 g/mol. The molecule has 0 spiro atoms. The van der Waals surface area contributed by atoms with Gasteiger partial charge in [-0.05, 0) is 28.7 Å². The van der Waals surface area contributed by atoms with E-state index in [0.29, 0.717) is 12.8 Å². The number of carbonyl (C=O) groups excluding carboxylic acids is 1. The highest BCUT2D eigenvalue weighted by Crippen LogP contribution is 2.31. The Morgan fingerprint density at radius 1 is 1.20 bits per heavy atom. The van der Waals surface area contributed by atoms with Crippen LogP contribution < -0.4 is 5.32 Å². The molecule has 1 amide bonds. The lowest BCUT2D eigenvalue weighted by atomic mass is 10.0. The maximum atomic E-state index is 12.6. The number of H-pyrrole nitrogens is 1. The van der Waals surface area contributed by atoms with Crippen molar-refractivity contribution in [3.05, 3.63) is 70.9 Å². The molecule has 4 rings (SSSR count). The lowest BCUT2D eigenvalue weighted by molar-refractivity contribution is -0.121. The van der Waals surface area contributed by atoms with Gasteiger partial charge < -0.3 is 15.4 Å². The second kappa shape index (κ2) is 6.37. The number of aromatic amines is 1. The Balaban J connectivity index is 1.54. The van der Waals surface area contributed by atoms with Crippen molar-refractivity contribution in [1.82, 2.24) is 10.3 Å². The molecule has 0 saturated carbocycles. The van der Waals surface area contributed by atoms with Gasteiger partial charge in [-0.25, -0.2) is 0 Å². The SMILES string of the molecule is CCc1cccc2c(CC(=O)NC3c4ccccc4CC3O)c[nH]c12. The van der Waals surface area contributed by atoms with Crippen LogP contribution in [0.4, 0.5) is 0 Å². The highest BCUT2D eigenvalue weighted by Gasteiger charge is 2.31. The molecular formula is C21H22N2O2. The monoisotopic (exact) mass is 334 g/mol. The quantitative estimate of drug-likeness (QED) is 0.686. The lowest BCUT2D eigenvalue weighted by Crippen LogP contribution is -2.34. The lowest BCUT2D eigenvalue weighted by Gasteiger charge is -2.18. The van der Waals surface area contributed by atoms with Gasteiger partial charge in [-0.2, -0.15) is 0 Å². The van der Waals surface area contributed by atoms with Gasteiger partial charge >= 0.3 is 0 Å². The normalized spacial score (nSPS) is 19.1. The summed E-state index contributed by atoms with van der Waals surface area (Å²) in [5.74, 6) is -0.0662. The van der Waals surface area contributed by atoms with E-state index >= 15 is 0 Å². The summed E-state index contributed by atoms with van der Waals surface area (Å²) in [7, 11) is 0. The van der Waals surface area contributed by atoms with Gasteiger partial charge in [0, 0.05) is 23.5 Å². The molecule has 3 N–H and O–H groups in total. The number of nitrogens with one attached hydrogen (secondary N) is 2. The Morgan fingerprint density at radius 2 is 2.04 bits per heavy atom. The summed E-state index contributed by atoms with van der Waals surface area (Å²) in [5, 5.41) is 14.4. The fourth-order valence-electron chi connectivity index (χ4n) is 3.86. The van der Waals surface area contributed by atoms with Gasteiger partial charge in [0.15, 0.2) is 0 Å². The van der Waals surface area contributed by atoms with Crippen LogP contribution >= 0.6 is 0 Å². The van der Waals surface area contributed by atoms with Crippen molar-refractivity contribution < 1.29 is 9.90 Å². The van der Waals surface area contributed by atoms with Crippen molar-refractivity contribution >= 4 is 16.8 Å². The van der Waals surface area contributed by atoms with E-state index in [4.69, 9.17) is 0 Å². The van der Waals surface area contributed by atoms with Crippen LogP contribution in [0.3, 0.4) is 0 Å². The third-order valence-electron chi connectivity index (χ3n) is 5.14. The minimum atomic E-state index is -0.559. The van der Waals surface area contributed by atoms with Gasteiger partial charge in [0.1, 0.15) is 0 Å². The standard InChI is InChI=1S/C21H22N2O2/c1-2-13-7-5-9-17-15(12-22-20(13)17)11-19(25)23-21-16-8-4-3-6-14(16)10-18(21)24/h3-9,12,18,21-22,24H,2,10-11H2,1H3,(H,23,25). The van der Waals surface area contributed by atoms with Crippen molar-refractivity contribution in [2.24, 2.45) is 0 Å². The topological polar surface area (TPSA) is 65.1 Å². The molecule has 0 aliphatic heterocycles. The van der Waals surface area contributed by atoms with Crippen LogP contribution in [0.2, 0.25) is 0 Å². The number of aromatic nitrogens is 1. The summed E-state index contributed by atoms with van der Waals surface area (Å²) in [6, 6.07) is 13.8. The van der Waals surface area contributed by atoms with Crippen molar-refractivity contribution in [3.8, 4) is 0 Å². The fraction of sp³-hybridized carbons (Fsp3) is 0.286. The molecule has 1 aromatic heterocycles. The van der Waals surface area contributed by atoms with E-state index in [9.17, 15) is 9.90 Å². The minimum Gasteiger partial charge on any atom is -0.390 e. The van der Waals surface area contributed by atoms with E-state index in [1.165, 1.54) is 5.56 Å². The van der Waals surface area contributed by atoms with E-state index in [-0.39, 0.29) is 11.9 Å². The van der Waals surface area contributed by atoms with Crippen LogP contribution in [-0.2, 0) is 24.1 Å². The Bertz CT molecular complexity index is 929. The zero-order chi connectivity index (χ0) is 17.4. The third kappa shape index (κ3) is 2.83. The Labute approximate surface area is 146 Å². The van der Waals surface area contributed by atoms with E-state index in [1.54, 1.807) is 0 Å².